The second-order valence-corrected chi connectivity index (χ2v) is 7.29. The number of anilines is 3. The van der Waals surface area contributed by atoms with E-state index in [1.165, 1.54) is 24.5 Å². The first-order chi connectivity index (χ1) is 16.5. The summed E-state index contributed by atoms with van der Waals surface area (Å²) in [6.45, 7) is 0.211. The number of para-hydroxylation sites is 1. The highest BCUT2D eigenvalue weighted by Crippen LogP contribution is 2.28. The van der Waals surface area contributed by atoms with Crippen LogP contribution < -0.4 is 16.0 Å². The van der Waals surface area contributed by atoms with E-state index in [9.17, 15) is 19.7 Å². The number of nitrogens with one attached hydrogen (secondary N) is 3. The van der Waals surface area contributed by atoms with Crippen LogP contribution in [0, 0.1) is 10.1 Å². The largest absolute Gasteiger partial charge is 0.459 e. The van der Waals surface area contributed by atoms with Crippen LogP contribution in [0.15, 0.2) is 95.6 Å². The second-order valence-electron chi connectivity index (χ2n) is 7.29. The molecule has 1 aromatic heterocycles. The maximum absolute atomic E-state index is 12.6. The predicted molar refractivity (Wildman–Crippen MR) is 127 cm³/mol. The van der Waals surface area contributed by atoms with Gasteiger partial charge in [0.25, 0.3) is 17.5 Å². The van der Waals surface area contributed by atoms with E-state index in [1.54, 1.807) is 48.5 Å². The van der Waals surface area contributed by atoms with Crippen LogP contribution >= 0.6 is 0 Å². The number of nitrogens with zero attached hydrogens (tertiary/aromatic N) is 1. The first kappa shape index (κ1) is 22.3. The Labute approximate surface area is 194 Å². The zero-order valence-electron chi connectivity index (χ0n) is 17.9. The van der Waals surface area contributed by atoms with Crippen molar-refractivity contribution in [2.45, 2.75) is 6.54 Å². The van der Waals surface area contributed by atoms with E-state index in [2.05, 4.69) is 16.0 Å². The van der Waals surface area contributed by atoms with Crippen LogP contribution in [0.2, 0.25) is 0 Å². The number of nitro groups is 1. The number of hydrogen-bond donors (Lipinski definition) is 3. The summed E-state index contributed by atoms with van der Waals surface area (Å²) in [7, 11) is 0. The summed E-state index contributed by atoms with van der Waals surface area (Å²) in [6, 6.07) is 23.5. The van der Waals surface area contributed by atoms with Gasteiger partial charge in [0.2, 0.25) is 0 Å². The topological polar surface area (TPSA) is 127 Å². The molecule has 0 spiro atoms. The summed E-state index contributed by atoms with van der Waals surface area (Å²) in [6.07, 6.45) is 1.42. The third-order valence-electron chi connectivity index (χ3n) is 4.92. The van der Waals surface area contributed by atoms with Crippen molar-refractivity contribution in [1.82, 2.24) is 5.32 Å². The summed E-state index contributed by atoms with van der Waals surface area (Å²) >= 11 is 0. The minimum atomic E-state index is -0.530. The molecule has 0 bridgehead atoms. The van der Waals surface area contributed by atoms with Crippen LogP contribution in [-0.4, -0.2) is 16.7 Å². The fraction of sp³-hybridized carbons (Fsp3) is 0.0400. The van der Waals surface area contributed by atoms with Gasteiger partial charge in [-0.3, -0.25) is 19.7 Å². The fourth-order valence-corrected chi connectivity index (χ4v) is 3.20. The Bertz CT molecular complexity index is 1300. The predicted octanol–water partition coefficient (Wildman–Crippen LogP) is 5.11. The molecule has 0 aliphatic carbocycles. The molecule has 2 amide bonds. The number of benzene rings is 3. The van der Waals surface area contributed by atoms with Gasteiger partial charge < -0.3 is 20.4 Å². The zero-order chi connectivity index (χ0) is 23.9. The Morgan fingerprint density at radius 3 is 2.29 bits per heavy atom. The molecule has 3 N–H and O–H groups in total. The van der Waals surface area contributed by atoms with Gasteiger partial charge in [0.05, 0.1) is 11.2 Å². The minimum Gasteiger partial charge on any atom is -0.459 e. The maximum Gasteiger partial charge on any atom is 0.293 e. The Morgan fingerprint density at radius 1 is 0.853 bits per heavy atom. The van der Waals surface area contributed by atoms with Crippen LogP contribution in [0.25, 0.3) is 0 Å². The van der Waals surface area contributed by atoms with Crippen molar-refractivity contribution in [1.29, 1.82) is 0 Å². The van der Waals surface area contributed by atoms with E-state index in [-0.39, 0.29) is 29.5 Å². The van der Waals surface area contributed by atoms with Crippen LogP contribution in [-0.2, 0) is 6.54 Å². The molecule has 9 nitrogen and oxygen atoms in total. The average molecular weight is 456 g/mol. The molecule has 0 unspecified atom stereocenters. The Hall–Kier alpha value is -4.92. The van der Waals surface area contributed by atoms with Crippen molar-refractivity contribution in [2.75, 3.05) is 10.6 Å². The highest BCUT2D eigenvalue weighted by Gasteiger charge is 2.18. The molecule has 170 valence electrons. The molecule has 4 aromatic rings. The minimum absolute atomic E-state index is 0.174. The lowest BCUT2D eigenvalue weighted by molar-refractivity contribution is -0.383. The maximum atomic E-state index is 12.6. The summed E-state index contributed by atoms with van der Waals surface area (Å²) in [5.74, 6) is -0.599. The number of carbonyl (C=O) groups is 2. The quantitative estimate of drug-likeness (QED) is 0.250. The lowest BCUT2D eigenvalue weighted by atomic mass is 10.1. The van der Waals surface area contributed by atoms with E-state index in [0.29, 0.717) is 17.1 Å². The van der Waals surface area contributed by atoms with E-state index >= 15 is 0 Å². The van der Waals surface area contributed by atoms with Gasteiger partial charge in [-0.2, -0.15) is 0 Å². The SMILES string of the molecule is O=C(NCc1ccc(NC(=O)c2ccco2)cc1)c1ccc(Nc2ccccc2)c([N+](=O)[O-])c1. The lowest BCUT2D eigenvalue weighted by Crippen LogP contribution is -2.23. The van der Waals surface area contributed by atoms with Gasteiger partial charge in [-0.15, -0.1) is 0 Å². The third-order valence-corrected chi connectivity index (χ3v) is 4.92. The standard InChI is InChI=1S/C25H20N4O5/c30-24(18-10-13-21(22(15-18)29(32)33)27-19-5-2-1-3-6-19)26-16-17-8-11-20(12-9-17)28-25(31)23-7-4-14-34-23/h1-15,27H,16H2,(H,26,30)(H,28,31). The second kappa shape index (κ2) is 10.1. The number of amides is 2. The molecule has 0 radical (unpaired) electrons. The fourth-order valence-electron chi connectivity index (χ4n) is 3.20. The van der Waals surface area contributed by atoms with Gasteiger partial charge in [-0.25, -0.2) is 0 Å². The van der Waals surface area contributed by atoms with E-state index < -0.39 is 10.8 Å². The van der Waals surface area contributed by atoms with E-state index in [0.717, 1.165) is 5.56 Å². The van der Waals surface area contributed by atoms with E-state index in [1.807, 2.05) is 18.2 Å². The molecule has 0 saturated carbocycles. The third kappa shape index (κ3) is 5.46. The zero-order valence-corrected chi connectivity index (χ0v) is 17.9. The molecular weight excluding hydrogens is 436 g/mol. The number of rotatable bonds is 8. The number of hydrogen-bond acceptors (Lipinski definition) is 6. The molecule has 0 fully saturated rings. The molecule has 0 aliphatic heterocycles. The molecule has 9 heteroatoms. The van der Waals surface area contributed by atoms with Crippen LogP contribution in [0.5, 0.6) is 0 Å². The van der Waals surface area contributed by atoms with Gasteiger partial charge in [0.15, 0.2) is 5.76 Å². The first-order valence-corrected chi connectivity index (χ1v) is 10.3. The Kier molecular flexibility index (Phi) is 6.64. The van der Waals surface area contributed by atoms with Crippen molar-refractivity contribution < 1.29 is 18.9 Å². The normalized spacial score (nSPS) is 10.4. The first-order valence-electron chi connectivity index (χ1n) is 10.3. The summed E-state index contributed by atoms with van der Waals surface area (Å²) in [5.41, 5.74) is 2.34. The summed E-state index contributed by atoms with van der Waals surface area (Å²) in [4.78, 5) is 35.6. The van der Waals surface area contributed by atoms with Gasteiger partial charge in [0.1, 0.15) is 5.69 Å². The van der Waals surface area contributed by atoms with Crippen molar-refractivity contribution in [2.24, 2.45) is 0 Å². The van der Waals surface area contributed by atoms with Crippen LogP contribution in [0.3, 0.4) is 0 Å². The number of furan rings is 1. The van der Waals surface area contributed by atoms with E-state index in [4.69, 9.17) is 4.42 Å². The number of nitro benzene ring substituents is 1. The van der Waals surface area contributed by atoms with Gasteiger partial charge in [-0.1, -0.05) is 30.3 Å². The van der Waals surface area contributed by atoms with Crippen molar-refractivity contribution >= 4 is 34.6 Å². The highest BCUT2D eigenvalue weighted by atomic mass is 16.6. The highest BCUT2D eigenvalue weighted by molar-refractivity contribution is 6.02. The molecule has 34 heavy (non-hydrogen) atoms. The van der Waals surface area contributed by atoms with Crippen LogP contribution in [0.4, 0.5) is 22.7 Å². The molecule has 4 rings (SSSR count). The van der Waals surface area contributed by atoms with Crippen molar-refractivity contribution in [3.05, 3.63) is 118 Å². The smallest absolute Gasteiger partial charge is 0.293 e. The van der Waals surface area contributed by atoms with Gasteiger partial charge in [0, 0.05) is 29.5 Å². The molecule has 0 aliphatic rings. The van der Waals surface area contributed by atoms with Crippen molar-refractivity contribution in [3.63, 3.8) is 0 Å². The summed E-state index contributed by atoms with van der Waals surface area (Å²) < 4.78 is 5.05. The van der Waals surface area contributed by atoms with Gasteiger partial charge >= 0.3 is 0 Å². The van der Waals surface area contributed by atoms with Crippen LogP contribution in [0.1, 0.15) is 26.5 Å². The monoisotopic (exact) mass is 456 g/mol. The molecular formula is C25H20N4O5. The van der Waals surface area contributed by atoms with Crippen molar-refractivity contribution in [3.8, 4) is 0 Å². The average Bonchev–Trinajstić information content (AvgIpc) is 3.39. The Morgan fingerprint density at radius 2 is 1.62 bits per heavy atom. The molecule has 0 atom stereocenters. The Balaban J connectivity index is 1.38. The summed E-state index contributed by atoms with van der Waals surface area (Å²) in [5, 5.41) is 20.0. The molecule has 0 saturated heterocycles. The number of carbonyl (C=O) groups excluding carboxylic acids is 2. The lowest BCUT2D eigenvalue weighted by Gasteiger charge is -2.10. The molecule has 1 heterocycles. The van der Waals surface area contributed by atoms with Gasteiger partial charge in [-0.05, 0) is 54.1 Å². The molecule has 3 aromatic carbocycles.